The minimum absolute atomic E-state index is 0.0472. The van der Waals surface area contributed by atoms with Crippen LogP contribution in [0.5, 0.6) is 0 Å². The van der Waals surface area contributed by atoms with Crippen LogP contribution in [0.15, 0.2) is 47.4 Å². The molecule has 3 aliphatic rings. The number of aliphatic hydroxyl groups excluding tert-OH is 1. The van der Waals surface area contributed by atoms with Crippen molar-refractivity contribution in [3.63, 3.8) is 0 Å². The lowest BCUT2D eigenvalue weighted by molar-refractivity contribution is -0.155. The number of hydrogen-bond acceptors (Lipinski definition) is 7. The number of rotatable bonds is 5. The van der Waals surface area contributed by atoms with Crippen molar-refractivity contribution in [2.45, 2.75) is 67.5 Å². The van der Waals surface area contributed by atoms with Crippen molar-refractivity contribution in [2.75, 3.05) is 0 Å². The maximum Gasteiger partial charge on any atom is 0.310 e. The number of cyclic esters (lactones) is 1. The van der Waals surface area contributed by atoms with Crippen molar-refractivity contribution in [3.8, 4) is 0 Å². The molecular weight excluding hydrogens is 438 g/mol. The van der Waals surface area contributed by atoms with Gasteiger partial charge in [0.25, 0.3) is 0 Å². The molecule has 10 nitrogen and oxygen atoms in total. The summed E-state index contributed by atoms with van der Waals surface area (Å²) < 4.78 is 32.7. The number of nitrogens with one attached hydrogen (secondary N) is 2. The minimum atomic E-state index is -3.94. The van der Waals surface area contributed by atoms with E-state index >= 15 is 0 Å². The fraction of sp³-hybridized carbons (Fsp3) is 0.476. The number of carbonyl (C=O) groups excluding carboxylic acids is 3. The first-order chi connectivity index (χ1) is 15.3. The maximum absolute atomic E-state index is 13.4. The van der Waals surface area contributed by atoms with Crippen molar-refractivity contribution >= 4 is 27.8 Å². The highest BCUT2D eigenvalue weighted by molar-refractivity contribution is 7.89. The highest BCUT2D eigenvalue weighted by Gasteiger charge is 2.45. The predicted molar refractivity (Wildman–Crippen MR) is 111 cm³/mol. The van der Waals surface area contributed by atoms with Gasteiger partial charge in [-0.05, 0) is 37.8 Å². The van der Waals surface area contributed by atoms with Crippen molar-refractivity contribution < 1.29 is 32.6 Å². The molecule has 0 aliphatic carbocycles. The van der Waals surface area contributed by atoms with Crippen molar-refractivity contribution in [3.05, 3.63) is 42.5 Å². The molecule has 3 heterocycles. The molecule has 32 heavy (non-hydrogen) atoms. The summed E-state index contributed by atoms with van der Waals surface area (Å²) in [6, 6.07) is 4.75. The van der Waals surface area contributed by atoms with Crippen LogP contribution in [-0.2, 0) is 29.1 Å². The lowest BCUT2D eigenvalue weighted by Crippen LogP contribution is -2.57. The van der Waals surface area contributed by atoms with Gasteiger partial charge in [-0.15, -0.1) is 0 Å². The van der Waals surface area contributed by atoms with E-state index in [1.54, 1.807) is 24.3 Å². The topological polar surface area (TPSA) is 142 Å². The molecule has 172 valence electrons. The fourth-order valence-corrected chi connectivity index (χ4v) is 5.59. The summed E-state index contributed by atoms with van der Waals surface area (Å²) in [5.74, 6) is -1.59. The lowest BCUT2D eigenvalue weighted by Gasteiger charge is -2.34. The summed E-state index contributed by atoms with van der Waals surface area (Å²) in [7, 11) is -3.94. The number of fused-ring (bicyclic) bond motifs is 1. The molecule has 3 N–H and O–H groups in total. The molecule has 0 saturated carbocycles. The Morgan fingerprint density at radius 3 is 2.50 bits per heavy atom. The van der Waals surface area contributed by atoms with Gasteiger partial charge in [0.15, 0.2) is 0 Å². The van der Waals surface area contributed by atoms with Crippen LogP contribution in [-0.4, -0.2) is 66.7 Å². The SMILES string of the molecule is O=C1CC(NC(=O)[C@@H]2CC[C@H]3C/C=C\C[C@H](NS(=O)(=O)c4ccccc4)C(=O)N32)C(O)O1. The highest BCUT2D eigenvalue weighted by atomic mass is 32.2. The summed E-state index contributed by atoms with van der Waals surface area (Å²) in [4.78, 5) is 39.2. The van der Waals surface area contributed by atoms with Gasteiger partial charge in [-0.3, -0.25) is 14.4 Å². The molecule has 2 saturated heterocycles. The Morgan fingerprint density at radius 2 is 1.81 bits per heavy atom. The maximum atomic E-state index is 13.4. The Kier molecular flexibility index (Phi) is 6.31. The third-order valence-corrected chi connectivity index (χ3v) is 7.45. The summed E-state index contributed by atoms with van der Waals surface area (Å²) in [6.45, 7) is 0. The summed E-state index contributed by atoms with van der Waals surface area (Å²) >= 11 is 0. The van der Waals surface area contributed by atoms with E-state index in [1.807, 2.05) is 6.08 Å². The number of sulfonamides is 1. The van der Waals surface area contributed by atoms with E-state index in [0.717, 1.165) is 0 Å². The molecule has 1 aromatic carbocycles. The van der Waals surface area contributed by atoms with E-state index in [2.05, 4.69) is 14.8 Å². The van der Waals surface area contributed by atoms with Crippen LogP contribution < -0.4 is 10.0 Å². The van der Waals surface area contributed by atoms with Gasteiger partial charge in [-0.25, -0.2) is 8.42 Å². The molecule has 0 radical (unpaired) electrons. The monoisotopic (exact) mass is 463 g/mol. The minimum Gasteiger partial charge on any atom is -0.434 e. The van der Waals surface area contributed by atoms with Crippen molar-refractivity contribution in [1.82, 2.24) is 14.9 Å². The second-order valence-corrected chi connectivity index (χ2v) is 9.84. The largest absolute Gasteiger partial charge is 0.434 e. The molecule has 0 spiro atoms. The fourth-order valence-electron chi connectivity index (χ4n) is 4.37. The van der Waals surface area contributed by atoms with Gasteiger partial charge in [0.1, 0.15) is 18.1 Å². The molecule has 2 unspecified atom stereocenters. The summed E-state index contributed by atoms with van der Waals surface area (Å²) in [5.41, 5.74) is 0. The Balaban J connectivity index is 1.53. The highest BCUT2D eigenvalue weighted by Crippen LogP contribution is 2.30. The zero-order chi connectivity index (χ0) is 22.9. The second-order valence-electron chi connectivity index (χ2n) is 8.12. The number of benzene rings is 1. The molecule has 3 aliphatic heterocycles. The predicted octanol–water partition coefficient (Wildman–Crippen LogP) is -0.207. The molecular formula is C21H25N3O7S. The van der Waals surface area contributed by atoms with E-state index in [0.29, 0.717) is 19.3 Å². The number of carbonyl (C=O) groups is 3. The van der Waals surface area contributed by atoms with Crippen LogP contribution in [0.4, 0.5) is 0 Å². The van der Waals surface area contributed by atoms with Crippen LogP contribution in [0.1, 0.15) is 32.1 Å². The van der Waals surface area contributed by atoms with Gasteiger partial charge in [0.2, 0.25) is 28.1 Å². The molecule has 1 aromatic rings. The Labute approximate surface area is 185 Å². The van der Waals surface area contributed by atoms with E-state index < -0.39 is 52.2 Å². The molecule has 2 fully saturated rings. The first-order valence-corrected chi connectivity index (χ1v) is 12.0. The van der Waals surface area contributed by atoms with Crippen molar-refractivity contribution in [1.29, 1.82) is 0 Å². The van der Waals surface area contributed by atoms with E-state index in [4.69, 9.17) is 0 Å². The average molecular weight is 464 g/mol. The quantitative estimate of drug-likeness (QED) is 0.405. The van der Waals surface area contributed by atoms with Crippen LogP contribution >= 0.6 is 0 Å². The number of ether oxygens (including phenoxy) is 1. The van der Waals surface area contributed by atoms with E-state index in [9.17, 15) is 27.9 Å². The number of nitrogens with zero attached hydrogens (tertiary/aromatic N) is 1. The van der Waals surface area contributed by atoms with E-state index in [1.165, 1.54) is 17.0 Å². The Bertz CT molecular complexity index is 1030. The molecule has 2 amide bonds. The van der Waals surface area contributed by atoms with Gasteiger partial charge in [-0.1, -0.05) is 30.4 Å². The standard InChI is InChI=1S/C21H25N3O7S/c25-18-12-16(21(28)31-18)22-19(26)17-11-10-13-6-4-5-9-15(20(27)24(13)17)23-32(29,30)14-7-2-1-3-8-14/h1-5,7-8,13,15-17,21,23,28H,6,9-12H2,(H,22,26)/b5-4-/t13-,15+,16?,17+,21?/m1/s1. The zero-order valence-electron chi connectivity index (χ0n) is 17.2. The van der Waals surface area contributed by atoms with Crippen LogP contribution in [0.2, 0.25) is 0 Å². The van der Waals surface area contributed by atoms with Crippen LogP contribution in [0, 0.1) is 0 Å². The number of aliphatic hydroxyl groups is 1. The second kappa shape index (κ2) is 9.00. The van der Waals surface area contributed by atoms with Gasteiger partial charge in [0, 0.05) is 6.04 Å². The lowest BCUT2D eigenvalue weighted by atomic mass is 10.1. The number of amides is 2. The summed E-state index contributed by atoms with van der Waals surface area (Å²) in [6.07, 6.45) is 3.77. The number of hydrogen-bond donors (Lipinski definition) is 3. The smallest absolute Gasteiger partial charge is 0.310 e. The Morgan fingerprint density at radius 1 is 1.09 bits per heavy atom. The molecule has 4 rings (SSSR count). The third-order valence-electron chi connectivity index (χ3n) is 5.97. The Hall–Kier alpha value is -2.76. The zero-order valence-corrected chi connectivity index (χ0v) is 18.0. The molecule has 0 aromatic heterocycles. The molecule has 0 bridgehead atoms. The van der Waals surface area contributed by atoms with Crippen molar-refractivity contribution in [2.24, 2.45) is 0 Å². The van der Waals surface area contributed by atoms with Gasteiger partial charge in [0.05, 0.1) is 11.3 Å². The first kappa shape index (κ1) is 22.4. The van der Waals surface area contributed by atoms with Gasteiger partial charge < -0.3 is 20.1 Å². The van der Waals surface area contributed by atoms with Gasteiger partial charge >= 0.3 is 5.97 Å². The third kappa shape index (κ3) is 4.54. The average Bonchev–Trinajstić information content (AvgIpc) is 3.31. The summed E-state index contributed by atoms with van der Waals surface area (Å²) in [5, 5.41) is 12.4. The van der Waals surface area contributed by atoms with Crippen LogP contribution in [0.25, 0.3) is 0 Å². The normalized spacial score (nSPS) is 31.4. The van der Waals surface area contributed by atoms with Gasteiger partial charge in [-0.2, -0.15) is 4.72 Å². The molecule has 11 heteroatoms. The first-order valence-electron chi connectivity index (χ1n) is 10.5. The van der Waals surface area contributed by atoms with Crippen LogP contribution in [0.3, 0.4) is 0 Å². The number of esters is 1. The van der Waals surface area contributed by atoms with E-state index in [-0.39, 0.29) is 23.8 Å². The molecule has 5 atom stereocenters.